The quantitative estimate of drug-likeness (QED) is 0.805. The fourth-order valence-corrected chi connectivity index (χ4v) is 2.60. The second-order valence-electron chi connectivity index (χ2n) is 4.22. The van der Waals surface area contributed by atoms with E-state index in [1.165, 1.54) is 18.2 Å². The molecule has 2 rings (SSSR count). The van der Waals surface area contributed by atoms with Crippen molar-refractivity contribution in [1.82, 2.24) is 0 Å². The average molecular weight is 391 g/mol. The largest absolute Gasteiger partial charge is 0.324 e. The number of halogens is 4. The average Bonchev–Trinajstić information content (AvgIpc) is 2.37. The van der Waals surface area contributed by atoms with Crippen molar-refractivity contribution in [2.75, 3.05) is 0 Å². The lowest BCUT2D eigenvalue weighted by molar-refractivity contribution is 0.615. The van der Waals surface area contributed by atoms with Gasteiger partial charge in [-0.25, -0.2) is 8.78 Å². The minimum Gasteiger partial charge on any atom is -0.324 e. The Morgan fingerprint density at radius 2 is 1.74 bits per heavy atom. The summed E-state index contributed by atoms with van der Waals surface area (Å²) in [6.07, 6.45) is 0.469. The highest BCUT2D eigenvalue weighted by Crippen LogP contribution is 2.26. The third kappa shape index (κ3) is 3.61. The Morgan fingerprint density at radius 3 is 2.42 bits per heavy atom. The summed E-state index contributed by atoms with van der Waals surface area (Å²) in [5, 5.41) is 0. The van der Waals surface area contributed by atoms with Crippen molar-refractivity contribution >= 4 is 31.9 Å². The molecule has 1 unspecified atom stereocenters. The van der Waals surface area contributed by atoms with Crippen LogP contribution in [-0.4, -0.2) is 0 Å². The van der Waals surface area contributed by atoms with Gasteiger partial charge >= 0.3 is 0 Å². The summed E-state index contributed by atoms with van der Waals surface area (Å²) in [6, 6.07) is 8.80. The van der Waals surface area contributed by atoms with Crippen molar-refractivity contribution in [3.05, 3.63) is 68.1 Å². The van der Waals surface area contributed by atoms with Crippen LogP contribution in [-0.2, 0) is 6.42 Å². The molecule has 0 aromatic heterocycles. The third-order valence-electron chi connectivity index (χ3n) is 2.82. The summed E-state index contributed by atoms with van der Waals surface area (Å²) in [6.45, 7) is 0. The number of benzene rings is 2. The Hall–Kier alpha value is -0.780. The molecule has 0 heterocycles. The summed E-state index contributed by atoms with van der Waals surface area (Å²) < 4.78 is 27.5. The predicted molar refractivity (Wildman–Crippen MR) is 78.8 cm³/mol. The van der Waals surface area contributed by atoms with Gasteiger partial charge in [-0.3, -0.25) is 0 Å². The van der Waals surface area contributed by atoms with Gasteiger partial charge in [0.1, 0.15) is 11.6 Å². The molecule has 5 heteroatoms. The van der Waals surface area contributed by atoms with Crippen molar-refractivity contribution in [2.24, 2.45) is 5.73 Å². The Kier molecular flexibility index (Phi) is 4.71. The first-order valence-corrected chi connectivity index (χ1v) is 7.20. The summed E-state index contributed by atoms with van der Waals surface area (Å²) in [5.74, 6) is -0.631. The lowest BCUT2D eigenvalue weighted by Crippen LogP contribution is -2.14. The van der Waals surface area contributed by atoms with Crippen LogP contribution in [0.1, 0.15) is 17.2 Å². The van der Waals surface area contributed by atoms with Crippen LogP contribution >= 0.6 is 31.9 Å². The summed E-state index contributed by atoms with van der Waals surface area (Å²) in [5.41, 5.74) is 7.66. The summed E-state index contributed by atoms with van der Waals surface area (Å²) in [4.78, 5) is 0. The number of nitrogens with two attached hydrogens (primary N) is 1. The maximum Gasteiger partial charge on any atom is 0.137 e. The Bertz CT molecular complexity index is 602. The van der Waals surface area contributed by atoms with Crippen LogP contribution in [0.2, 0.25) is 0 Å². The summed E-state index contributed by atoms with van der Waals surface area (Å²) >= 11 is 6.49. The highest BCUT2D eigenvalue weighted by molar-refractivity contribution is 9.10. The Labute approximate surface area is 127 Å². The van der Waals surface area contributed by atoms with Gasteiger partial charge in [-0.1, -0.05) is 22.0 Å². The van der Waals surface area contributed by atoms with Crippen molar-refractivity contribution in [2.45, 2.75) is 12.5 Å². The van der Waals surface area contributed by atoms with Gasteiger partial charge in [0.05, 0.1) is 4.47 Å². The molecule has 0 amide bonds. The lowest BCUT2D eigenvalue weighted by Gasteiger charge is -2.14. The minimum absolute atomic E-state index is 0.300. The maximum atomic E-state index is 13.2. The van der Waals surface area contributed by atoms with Gasteiger partial charge in [0.25, 0.3) is 0 Å². The first kappa shape index (κ1) is 14.6. The van der Waals surface area contributed by atoms with Crippen molar-refractivity contribution in [1.29, 1.82) is 0 Å². The third-order valence-corrected chi connectivity index (χ3v) is 4.20. The normalized spacial score (nSPS) is 12.5. The molecule has 19 heavy (non-hydrogen) atoms. The minimum atomic E-state index is -0.331. The zero-order valence-electron chi connectivity index (χ0n) is 9.84. The molecule has 0 fully saturated rings. The van der Waals surface area contributed by atoms with E-state index in [4.69, 9.17) is 5.73 Å². The van der Waals surface area contributed by atoms with Crippen molar-refractivity contribution < 1.29 is 8.78 Å². The SMILES string of the molecule is NC(Cc1cc(F)ccc1Br)c1ccc(F)c(Br)c1. The van der Waals surface area contributed by atoms with Crippen molar-refractivity contribution in [3.8, 4) is 0 Å². The molecule has 0 aliphatic heterocycles. The zero-order chi connectivity index (χ0) is 14.0. The van der Waals surface area contributed by atoms with E-state index < -0.39 is 0 Å². The molecule has 0 saturated carbocycles. The topological polar surface area (TPSA) is 26.0 Å². The van der Waals surface area contributed by atoms with Crippen LogP contribution in [0.3, 0.4) is 0 Å². The second-order valence-corrected chi connectivity index (χ2v) is 5.93. The smallest absolute Gasteiger partial charge is 0.137 e. The molecule has 0 aliphatic rings. The highest BCUT2D eigenvalue weighted by atomic mass is 79.9. The number of hydrogen-bond donors (Lipinski definition) is 1. The molecule has 2 aromatic rings. The molecule has 0 bridgehead atoms. The second kappa shape index (κ2) is 6.11. The number of hydrogen-bond acceptors (Lipinski definition) is 1. The molecule has 0 spiro atoms. The van der Waals surface area contributed by atoms with Crippen LogP contribution in [0.5, 0.6) is 0 Å². The monoisotopic (exact) mass is 389 g/mol. The van der Waals surface area contributed by atoms with Crippen LogP contribution in [0, 0.1) is 11.6 Å². The van der Waals surface area contributed by atoms with Gasteiger partial charge in [0.2, 0.25) is 0 Å². The van der Waals surface area contributed by atoms with Crippen molar-refractivity contribution in [3.63, 3.8) is 0 Å². The molecule has 1 atom stereocenters. The molecule has 0 saturated heterocycles. The fraction of sp³-hybridized carbons (Fsp3) is 0.143. The first-order valence-electron chi connectivity index (χ1n) is 5.62. The number of rotatable bonds is 3. The van der Waals surface area contributed by atoms with Gasteiger partial charge in [0.15, 0.2) is 0 Å². The van der Waals surface area contributed by atoms with E-state index in [1.807, 2.05) is 0 Å². The van der Waals surface area contributed by atoms with E-state index in [9.17, 15) is 8.78 Å². The predicted octanol–water partition coefficient (Wildman–Crippen LogP) is 4.73. The molecule has 0 radical (unpaired) electrons. The van der Waals surface area contributed by atoms with E-state index in [1.54, 1.807) is 18.2 Å². The Morgan fingerprint density at radius 1 is 1.00 bits per heavy atom. The van der Waals surface area contributed by atoms with Gasteiger partial charge in [0, 0.05) is 10.5 Å². The summed E-state index contributed by atoms with van der Waals surface area (Å²) in [7, 11) is 0. The molecule has 2 aromatic carbocycles. The highest BCUT2D eigenvalue weighted by Gasteiger charge is 2.12. The molecular weight excluding hydrogens is 380 g/mol. The van der Waals surface area contributed by atoms with E-state index in [2.05, 4.69) is 31.9 Å². The van der Waals surface area contributed by atoms with Gasteiger partial charge in [-0.05, 0) is 63.8 Å². The van der Waals surface area contributed by atoms with Crippen LogP contribution < -0.4 is 5.73 Å². The molecule has 100 valence electrons. The molecule has 2 N–H and O–H groups in total. The maximum absolute atomic E-state index is 13.2. The first-order chi connectivity index (χ1) is 8.97. The molecule has 0 aliphatic carbocycles. The molecular formula is C14H11Br2F2N. The lowest BCUT2D eigenvalue weighted by atomic mass is 10.00. The van der Waals surface area contributed by atoms with E-state index in [0.717, 1.165) is 15.6 Å². The van der Waals surface area contributed by atoms with Gasteiger partial charge in [-0.15, -0.1) is 0 Å². The van der Waals surface area contributed by atoms with Gasteiger partial charge < -0.3 is 5.73 Å². The van der Waals surface area contributed by atoms with Crippen LogP contribution in [0.4, 0.5) is 8.78 Å². The zero-order valence-corrected chi connectivity index (χ0v) is 13.0. The standard InChI is InChI=1S/C14H11Br2F2N/c15-11-3-2-10(17)5-9(11)7-14(19)8-1-4-13(18)12(16)6-8/h1-6,14H,7,19H2. The van der Waals surface area contributed by atoms with Gasteiger partial charge in [-0.2, -0.15) is 0 Å². The van der Waals surface area contributed by atoms with Crippen LogP contribution in [0.25, 0.3) is 0 Å². The van der Waals surface area contributed by atoms with E-state index in [-0.39, 0.29) is 17.7 Å². The Balaban J connectivity index is 2.22. The van der Waals surface area contributed by atoms with E-state index in [0.29, 0.717) is 10.9 Å². The fourth-order valence-electron chi connectivity index (χ4n) is 1.80. The van der Waals surface area contributed by atoms with E-state index >= 15 is 0 Å². The van der Waals surface area contributed by atoms with Crippen LogP contribution in [0.15, 0.2) is 45.3 Å². The molecule has 1 nitrogen and oxygen atoms in total.